The summed E-state index contributed by atoms with van der Waals surface area (Å²) in [6.07, 6.45) is 4.05. The summed E-state index contributed by atoms with van der Waals surface area (Å²) >= 11 is 0. The topological polar surface area (TPSA) is 38.1 Å². The number of likely N-dealkylation sites (N-methyl/N-ethyl adjacent to an activating group) is 1. The molecule has 0 bridgehead atoms. The molecule has 0 unspecified atom stereocenters. The number of imidazole rings is 1. The van der Waals surface area contributed by atoms with Crippen LogP contribution in [0.15, 0.2) is 12.4 Å². The molecular weight excluding hydrogens is 202 g/mol. The zero-order valence-electron chi connectivity index (χ0n) is 10.8. The minimum Gasteiger partial charge on any atom is -0.335 e. The number of carbonyl (C=O) groups excluding carboxylic acids is 1. The Morgan fingerprint density at radius 2 is 2.12 bits per heavy atom. The Morgan fingerprint density at radius 1 is 1.50 bits per heavy atom. The molecule has 1 aromatic heterocycles. The molecule has 90 valence electrons. The summed E-state index contributed by atoms with van der Waals surface area (Å²) < 4.78 is 2.00. The van der Waals surface area contributed by atoms with Gasteiger partial charge in [0.1, 0.15) is 5.82 Å². The van der Waals surface area contributed by atoms with Gasteiger partial charge in [0.25, 0.3) is 0 Å². The lowest BCUT2D eigenvalue weighted by atomic mass is 9.95. The standard InChI is InChI=1S/C12H21N3O/c1-6-15-8-7-13-11(15)9-10(16)12(2,3)14(4)5/h7-8H,6,9H2,1-5H3. The molecule has 1 rings (SSSR count). The van der Waals surface area contributed by atoms with Crippen molar-refractivity contribution in [1.82, 2.24) is 14.5 Å². The average molecular weight is 223 g/mol. The Morgan fingerprint density at radius 3 is 2.62 bits per heavy atom. The molecule has 4 heteroatoms. The SMILES string of the molecule is CCn1ccnc1CC(=O)C(C)(C)N(C)C. The molecule has 0 aliphatic heterocycles. The van der Waals surface area contributed by atoms with Crippen molar-refractivity contribution in [3.8, 4) is 0 Å². The van der Waals surface area contributed by atoms with Gasteiger partial charge >= 0.3 is 0 Å². The first-order chi connectivity index (χ1) is 7.39. The number of carbonyl (C=O) groups is 1. The van der Waals surface area contributed by atoms with Gasteiger partial charge in [-0.05, 0) is 34.9 Å². The van der Waals surface area contributed by atoms with E-state index in [-0.39, 0.29) is 5.78 Å². The lowest BCUT2D eigenvalue weighted by molar-refractivity contribution is -0.127. The highest BCUT2D eigenvalue weighted by atomic mass is 16.1. The van der Waals surface area contributed by atoms with Gasteiger partial charge in [0, 0.05) is 18.9 Å². The summed E-state index contributed by atoms with van der Waals surface area (Å²) in [5, 5.41) is 0. The Bertz CT molecular complexity index is 366. The second kappa shape index (κ2) is 4.78. The van der Waals surface area contributed by atoms with Crippen LogP contribution in [0.3, 0.4) is 0 Å². The number of hydrogen-bond donors (Lipinski definition) is 0. The molecule has 0 saturated heterocycles. The van der Waals surface area contributed by atoms with Crippen LogP contribution in [0.2, 0.25) is 0 Å². The van der Waals surface area contributed by atoms with E-state index < -0.39 is 5.54 Å². The van der Waals surface area contributed by atoms with Crippen LogP contribution in [-0.2, 0) is 17.8 Å². The molecule has 4 nitrogen and oxygen atoms in total. The van der Waals surface area contributed by atoms with E-state index in [2.05, 4.69) is 4.98 Å². The minimum atomic E-state index is -0.440. The Balaban J connectivity index is 2.79. The monoisotopic (exact) mass is 223 g/mol. The first kappa shape index (κ1) is 12.9. The average Bonchev–Trinajstić information content (AvgIpc) is 2.64. The number of ketones is 1. The number of nitrogens with zero attached hydrogens (tertiary/aromatic N) is 3. The third-order valence-corrected chi connectivity index (χ3v) is 3.26. The van der Waals surface area contributed by atoms with Crippen LogP contribution >= 0.6 is 0 Å². The van der Waals surface area contributed by atoms with Gasteiger partial charge in [-0.25, -0.2) is 4.98 Å². The first-order valence-corrected chi connectivity index (χ1v) is 5.60. The molecule has 0 amide bonds. The molecule has 16 heavy (non-hydrogen) atoms. The Labute approximate surface area is 97.3 Å². The number of aryl methyl sites for hydroxylation is 1. The highest BCUT2D eigenvalue weighted by Gasteiger charge is 2.30. The van der Waals surface area contributed by atoms with Gasteiger partial charge in [0.15, 0.2) is 5.78 Å². The summed E-state index contributed by atoms with van der Waals surface area (Å²) in [6, 6.07) is 0. The van der Waals surface area contributed by atoms with Crippen LogP contribution < -0.4 is 0 Å². The van der Waals surface area contributed by atoms with Gasteiger partial charge < -0.3 is 4.57 Å². The third kappa shape index (κ3) is 2.50. The molecular formula is C12H21N3O. The largest absolute Gasteiger partial charge is 0.335 e. The van der Waals surface area contributed by atoms with Crippen molar-refractivity contribution in [2.24, 2.45) is 0 Å². The lowest BCUT2D eigenvalue weighted by Gasteiger charge is -2.30. The summed E-state index contributed by atoms with van der Waals surface area (Å²) in [5.74, 6) is 1.04. The molecule has 1 heterocycles. The molecule has 0 saturated carbocycles. The summed E-state index contributed by atoms with van der Waals surface area (Å²) in [7, 11) is 3.84. The Kier molecular flexibility index (Phi) is 3.86. The van der Waals surface area contributed by atoms with Crippen molar-refractivity contribution in [3.05, 3.63) is 18.2 Å². The molecule has 0 atom stereocenters. The second-order valence-electron chi connectivity index (χ2n) is 4.68. The zero-order chi connectivity index (χ0) is 12.3. The summed E-state index contributed by atoms with van der Waals surface area (Å²) in [6.45, 7) is 6.78. The molecule has 0 aromatic carbocycles. The fourth-order valence-electron chi connectivity index (χ4n) is 1.40. The predicted molar refractivity (Wildman–Crippen MR) is 64.4 cm³/mol. The van der Waals surface area contributed by atoms with Gasteiger partial charge in [-0.15, -0.1) is 0 Å². The molecule has 0 N–H and O–H groups in total. The Hall–Kier alpha value is -1.16. The van der Waals surface area contributed by atoms with Gasteiger partial charge in [0.05, 0.1) is 12.0 Å². The molecule has 0 radical (unpaired) electrons. The van der Waals surface area contributed by atoms with Crippen molar-refractivity contribution in [2.45, 2.75) is 39.3 Å². The fourth-order valence-corrected chi connectivity index (χ4v) is 1.40. The number of aromatic nitrogens is 2. The van der Waals surface area contributed by atoms with Crippen LogP contribution in [0.1, 0.15) is 26.6 Å². The van der Waals surface area contributed by atoms with Crippen molar-refractivity contribution in [3.63, 3.8) is 0 Å². The van der Waals surface area contributed by atoms with E-state index in [4.69, 9.17) is 0 Å². The number of rotatable bonds is 5. The maximum atomic E-state index is 12.1. The zero-order valence-corrected chi connectivity index (χ0v) is 10.8. The molecule has 0 fully saturated rings. The number of hydrogen-bond acceptors (Lipinski definition) is 3. The van der Waals surface area contributed by atoms with E-state index >= 15 is 0 Å². The highest BCUT2D eigenvalue weighted by molar-refractivity contribution is 5.88. The first-order valence-electron chi connectivity index (χ1n) is 5.60. The van der Waals surface area contributed by atoms with E-state index in [1.54, 1.807) is 6.20 Å². The van der Waals surface area contributed by atoms with Crippen molar-refractivity contribution in [2.75, 3.05) is 14.1 Å². The van der Waals surface area contributed by atoms with Crippen LogP contribution in [0.4, 0.5) is 0 Å². The van der Waals surface area contributed by atoms with Crippen LogP contribution in [-0.4, -0.2) is 39.9 Å². The normalized spacial score (nSPS) is 12.1. The van der Waals surface area contributed by atoms with Crippen molar-refractivity contribution >= 4 is 5.78 Å². The molecule has 0 aliphatic rings. The van der Waals surface area contributed by atoms with E-state index in [0.29, 0.717) is 6.42 Å². The fraction of sp³-hybridized carbons (Fsp3) is 0.667. The van der Waals surface area contributed by atoms with Crippen LogP contribution in [0.25, 0.3) is 0 Å². The maximum absolute atomic E-state index is 12.1. The van der Waals surface area contributed by atoms with E-state index in [9.17, 15) is 4.79 Å². The molecule has 1 aromatic rings. The van der Waals surface area contributed by atoms with Gasteiger partial charge in [0.2, 0.25) is 0 Å². The summed E-state index contributed by atoms with van der Waals surface area (Å²) in [4.78, 5) is 18.3. The second-order valence-corrected chi connectivity index (χ2v) is 4.68. The number of Topliss-reactive ketones (excluding diaryl/α,β-unsaturated/α-hetero) is 1. The predicted octanol–water partition coefficient (Wildman–Crippen LogP) is 1.35. The van der Waals surface area contributed by atoms with E-state index in [1.807, 2.05) is 50.5 Å². The molecule has 0 aliphatic carbocycles. The third-order valence-electron chi connectivity index (χ3n) is 3.26. The van der Waals surface area contributed by atoms with Crippen molar-refractivity contribution in [1.29, 1.82) is 0 Å². The van der Waals surface area contributed by atoms with Crippen molar-refractivity contribution < 1.29 is 4.79 Å². The van der Waals surface area contributed by atoms with E-state index in [1.165, 1.54) is 0 Å². The minimum absolute atomic E-state index is 0.193. The maximum Gasteiger partial charge on any atom is 0.159 e. The van der Waals surface area contributed by atoms with Crippen LogP contribution in [0, 0.1) is 0 Å². The smallest absolute Gasteiger partial charge is 0.159 e. The van der Waals surface area contributed by atoms with Gasteiger partial charge in [-0.2, -0.15) is 0 Å². The molecule has 0 spiro atoms. The highest BCUT2D eigenvalue weighted by Crippen LogP contribution is 2.14. The quantitative estimate of drug-likeness (QED) is 0.756. The summed E-state index contributed by atoms with van der Waals surface area (Å²) in [5.41, 5.74) is -0.440. The van der Waals surface area contributed by atoms with Gasteiger partial charge in [-0.3, -0.25) is 9.69 Å². The lowest BCUT2D eigenvalue weighted by Crippen LogP contribution is -2.46. The van der Waals surface area contributed by atoms with Crippen LogP contribution in [0.5, 0.6) is 0 Å². The van der Waals surface area contributed by atoms with Gasteiger partial charge in [-0.1, -0.05) is 0 Å². The van der Waals surface area contributed by atoms with E-state index in [0.717, 1.165) is 12.4 Å².